The number of rotatable bonds is 4. The highest BCUT2D eigenvalue weighted by Gasteiger charge is 2.31. The van der Waals surface area contributed by atoms with Gasteiger partial charge in [-0.15, -0.1) is 0 Å². The first kappa shape index (κ1) is 19.2. The van der Waals surface area contributed by atoms with E-state index >= 15 is 0 Å². The van der Waals surface area contributed by atoms with E-state index in [-0.39, 0.29) is 24.2 Å². The van der Waals surface area contributed by atoms with Crippen molar-refractivity contribution in [2.45, 2.75) is 38.6 Å². The van der Waals surface area contributed by atoms with Gasteiger partial charge in [-0.1, -0.05) is 12.1 Å². The minimum Gasteiger partial charge on any atom is -0.334 e. The number of halogens is 1. The predicted octanol–water partition coefficient (Wildman–Crippen LogP) is 4.28. The summed E-state index contributed by atoms with van der Waals surface area (Å²) in [6.07, 6.45) is 8.47. The molecule has 2 aromatic heterocycles. The van der Waals surface area contributed by atoms with Crippen LogP contribution in [0.5, 0.6) is 0 Å². The highest BCUT2D eigenvalue weighted by molar-refractivity contribution is 5.80. The quantitative estimate of drug-likeness (QED) is 0.667. The van der Waals surface area contributed by atoms with Crippen LogP contribution in [-0.4, -0.2) is 32.3 Å². The molecule has 148 valence electrons. The molecule has 0 saturated carbocycles. The third-order valence-electron chi connectivity index (χ3n) is 5.34. The zero-order chi connectivity index (χ0) is 20.2. The highest BCUT2D eigenvalue weighted by atomic mass is 19.1. The van der Waals surface area contributed by atoms with Crippen LogP contribution in [0, 0.1) is 12.7 Å². The molecular formula is C23H23FN4O. The number of amides is 1. The Morgan fingerprint density at radius 3 is 2.66 bits per heavy atom. The molecule has 0 aliphatic carbocycles. The SMILES string of the molecule is Cc1ncc(-c2ccncc2)c([C@H]2CCCCN2C(=O)Cc2ccc(F)cc2)n1. The fraction of sp³-hybridized carbons (Fsp3) is 0.304. The van der Waals surface area contributed by atoms with E-state index in [1.807, 2.05) is 30.2 Å². The Morgan fingerprint density at radius 1 is 1.14 bits per heavy atom. The van der Waals surface area contributed by atoms with E-state index in [4.69, 9.17) is 4.98 Å². The number of likely N-dealkylation sites (tertiary alicyclic amines) is 1. The molecule has 0 radical (unpaired) electrons. The number of piperidine rings is 1. The third-order valence-corrected chi connectivity index (χ3v) is 5.34. The van der Waals surface area contributed by atoms with Crippen LogP contribution in [0.2, 0.25) is 0 Å². The molecule has 0 bridgehead atoms. The van der Waals surface area contributed by atoms with Gasteiger partial charge in [0.2, 0.25) is 5.91 Å². The highest BCUT2D eigenvalue weighted by Crippen LogP contribution is 2.35. The van der Waals surface area contributed by atoms with Crippen molar-refractivity contribution < 1.29 is 9.18 Å². The molecule has 1 aliphatic heterocycles. The summed E-state index contributed by atoms with van der Waals surface area (Å²) in [4.78, 5) is 28.3. The van der Waals surface area contributed by atoms with E-state index in [1.165, 1.54) is 12.1 Å². The average Bonchev–Trinajstić information content (AvgIpc) is 2.76. The van der Waals surface area contributed by atoms with Crippen LogP contribution in [0.3, 0.4) is 0 Å². The zero-order valence-electron chi connectivity index (χ0n) is 16.4. The predicted molar refractivity (Wildman–Crippen MR) is 108 cm³/mol. The fourth-order valence-corrected chi connectivity index (χ4v) is 3.89. The van der Waals surface area contributed by atoms with Crippen molar-refractivity contribution in [3.05, 3.63) is 77.9 Å². The molecule has 0 spiro atoms. The first-order valence-electron chi connectivity index (χ1n) is 9.89. The number of pyridine rings is 1. The number of nitrogens with zero attached hydrogens (tertiary/aromatic N) is 4. The minimum absolute atomic E-state index is 0.0400. The van der Waals surface area contributed by atoms with E-state index in [0.29, 0.717) is 12.4 Å². The molecule has 29 heavy (non-hydrogen) atoms. The molecule has 1 saturated heterocycles. The molecular weight excluding hydrogens is 367 g/mol. The summed E-state index contributed by atoms with van der Waals surface area (Å²) in [6, 6.07) is 9.90. The van der Waals surface area contributed by atoms with E-state index < -0.39 is 0 Å². The molecule has 3 aromatic rings. The van der Waals surface area contributed by atoms with Crippen LogP contribution in [0.15, 0.2) is 55.0 Å². The van der Waals surface area contributed by atoms with Crippen molar-refractivity contribution in [3.63, 3.8) is 0 Å². The van der Waals surface area contributed by atoms with Crippen LogP contribution in [0.1, 0.15) is 42.4 Å². The largest absolute Gasteiger partial charge is 0.334 e. The Bertz CT molecular complexity index is 992. The van der Waals surface area contributed by atoms with E-state index in [0.717, 1.165) is 41.6 Å². The maximum atomic E-state index is 13.2. The number of aromatic nitrogens is 3. The van der Waals surface area contributed by atoms with Crippen molar-refractivity contribution in [2.24, 2.45) is 0 Å². The van der Waals surface area contributed by atoms with Gasteiger partial charge in [0.1, 0.15) is 11.6 Å². The van der Waals surface area contributed by atoms with Gasteiger partial charge >= 0.3 is 0 Å². The monoisotopic (exact) mass is 390 g/mol. The number of carbonyl (C=O) groups excluding carboxylic acids is 1. The minimum atomic E-state index is -0.296. The second-order valence-electron chi connectivity index (χ2n) is 7.35. The summed E-state index contributed by atoms with van der Waals surface area (Å²) in [7, 11) is 0. The van der Waals surface area contributed by atoms with Gasteiger partial charge in [0.25, 0.3) is 0 Å². The molecule has 0 N–H and O–H groups in total. The van der Waals surface area contributed by atoms with Crippen LogP contribution >= 0.6 is 0 Å². The number of hydrogen-bond acceptors (Lipinski definition) is 4. The Morgan fingerprint density at radius 2 is 1.90 bits per heavy atom. The standard InChI is InChI=1S/C23H23FN4O/c1-16-26-15-20(18-9-11-25-12-10-18)23(27-16)21-4-2-3-13-28(21)22(29)14-17-5-7-19(24)8-6-17/h5-12,15,21H,2-4,13-14H2,1H3/t21-/m1/s1. The molecule has 1 aromatic carbocycles. The van der Waals surface area contributed by atoms with Gasteiger partial charge in [-0.25, -0.2) is 14.4 Å². The van der Waals surface area contributed by atoms with Crippen LogP contribution in [-0.2, 0) is 11.2 Å². The van der Waals surface area contributed by atoms with Crippen molar-refractivity contribution >= 4 is 5.91 Å². The zero-order valence-corrected chi connectivity index (χ0v) is 16.4. The van der Waals surface area contributed by atoms with Gasteiger partial charge in [-0.3, -0.25) is 9.78 Å². The van der Waals surface area contributed by atoms with Crippen LogP contribution < -0.4 is 0 Å². The van der Waals surface area contributed by atoms with E-state index in [1.54, 1.807) is 24.5 Å². The second-order valence-corrected chi connectivity index (χ2v) is 7.35. The number of carbonyl (C=O) groups is 1. The van der Waals surface area contributed by atoms with Crippen molar-refractivity contribution in [3.8, 4) is 11.1 Å². The van der Waals surface area contributed by atoms with E-state index in [2.05, 4.69) is 9.97 Å². The smallest absolute Gasteiger partial charge is 0.227 e. The van der Waals surface area contributed by atoms with Gasteiger partial charge in [-0.05, 0) is 61.6 Å². The Kier molecular flexibility index (Phi) is 5.60. The number of benzene rings is 1. The fourth-order valence-electron chi connectivity index (χ4n) is 3.89. The molecule has 1 atom stereocenters. The number of hydrogen-bond donors (Lipinski definition) is 0. The van der Waals surface area contributed by atoms with Crippen molar-refractivity contribution in [2.75, 3.05) is 6.54 Å². The van der Waals surface area contributed by atoms with Crippen LogP contribution in [0.25, 0.3) is 11.1 Å². The maximum absolute atomic E-state index is 13.2. The van der Waals surface area contributed by atoms with Gasteiger partial charge < -0.3 is 4.90 Å². The van der Waals surface area contributed by atoms with Gasteiger partial charge in [0.05, 0.1) is 18.2 Å². The molecule has 1 amide bonds. The Hall–Kier alpha value is -3.15. The summed E-state index contributed by atoms with van der Waals surface area (Å²) in [5, 5.41) is 0. The molecule has 4 rings (SSSR count). The first-order chi connectivity index (χ1) is 14.1. The summed E-state index contributed by atoms with van der Waals surface area (Å²) >= 11 is 0. The Balaban J connectivity index is 1.66. The first-order valence-corrected chi connectivity index (χ1v) is 9.89. The second kappa shape index (κ2) is 8.47. The molecule has 6 heteroatoms. The number of aryl methyl sites for hydroxylation is 1. The third kappa shape index (κ3) is 4.31. The summed E-state index contributed by atoms with van der Waals surface area (Å²) in [6.45, 7) is 2.57. The lowest BCUT2D eigenvalue weighted by Crippen LogP contribution is -2.40. The lowest BCUT2D eigenvalue weighted by molar-refractivity contribution is -0.134. The van der Waals surface area contributed by atoms with E-state index in [9.17, 15) is 9.18 Å². The molecule has 1 fully saturated rings. The van der Waals surface area contributed by atoms with Gasteiger partial charge in [-0.2, -0.15) is 0 Å². The lowest BCUT2D eigenvalue weighted by atomic mass is 9.93. The molecule has 3 heterocycles. The summed E-state index contributed by atoms with van der Waals surface area (Å²) in [5.41, 5.74) is 3.63. The van der Waals surface area contributed by atoms with Gasteiger partial charge in [0, 0.05) is 30.7 Å². The Labute approximate surface area is 169 Å². The summed E-state index contributed by atoms with van der Waals surface area (Å²) < 4.78 is 13.2. The average molecular weight is 390 g/mol. The van der Waals surface area contributed by atoms with Crippen molar-refractivity contribution in [1.29, 1.82) is 0 Å². The van der Waals surface area contributed by atoms with Crippen molar-refractivity contribution in [1.82, 2.24) is 19.9 Å². The van der Waals surface area contributed by atoms with Crippen LogP contribution in [0.4, 0.5) is 4.39 Å². The molecule has 1 aliphatic rings. The summed E-state index contributed by atoms with van der Waals surface area (Å²) in [5.74, 6) is 0.433. The topological polar surface area (TPSA) is 59.0 Å². The normalized spacial score (nSPS) is 16.6. The maximum Gasteiger partial charge on any atom is 0.227 e. The molecule has 5 nitrogen and oxygen atoms in total. The lowest BCUT2D eigenvalue weighted by Gasteiger charge is -2.36. The van der Waals surface area contributed by atoms with Gasteiger partial charge in [0.15, 0.2) is 0 Å². The molecule has 0 unspecified atom stereocenters.